The summed E-state index contributed by atoms with van der Waals surface area (Å²) in [6, 6.07) is 8.70. The molecule has 1 aliphatic rings. The number of nitrogens with two attached hydrogens (primary N) is 1. The largest absolute Gasteiger partial charge is 0.384 e. The van der Waals surface area contributed by atoms with E-state index >= 15 is 0 Å². The van der Waals surface area contributed by atoms with Crippen LogP contribution in [0.1, 0.15) is 37.8 Å². The highest BCUT2D eigenvalue weighted by Crippen LogP contribution is 2.16. The third-order valence-electron chi connectivity index (χ3n) is 4.57. The van der Waals surface area contributed by atoms with Crippen LogP contribution in [0.15, 0.2) is 29.4 Å². The quantitative estimate of drug-likeness (QED) is 0.450. The van der Waals surface area contributed by atoms with Crippen molar-refractivity contribution in [2.75, 3.05) is 19.7 Å². The number of oxime groups is 1. The Hall–Kier alpha value is -2.08. The van der Waals surface area contributed by atoms with Crippen LogP contribution in [0.4, 0.5) is 0 Å². The zero-order valence-corrected chi connectivity index (χ0v) is 15.5. The molecular weight excluding hydrogens is 316 g/mol. The minimum atomic E-state index is -0.141. The number of hydrogen-bond donors (Lipinski definition) is 2. The number of carbonyl (C=O) groups excluding carboxylic acids is 1. The minimum Gasteiger partial charge on any atom is -0.384 e. The topological polar surface area (TPSA) is 80.0 Å². The number of rotatable bonds is 7. The lowest BCUT2D eigenvalue weighted by Crippen LogP contribution is -2.45. The first-order chi connectivity index (χ1) is 12.0. The molecule has 2 rings (SSSR count). The van der Waals surface area contributed by atoms with E-state index < -0.39 is 0 Å². The summed E-state index contributed by atoms with van der Waals surface area (Å²) < 4.78 is 0. The summed E-state index contributed by atoms with van der Waals surface area (Å²) in [5.74, 6) is 0.371. The van der Waals surface area contributed by atoms with Crippen LogP contribution in [0, 0.1) is 12.8 Å². The van der Waals surface area contributed by atoms with Crippen molar-refractivity contribution in [2.24, 2.45) is 16.8 Å². The Labute approximate surface area is 150 Å². The number of likely N-dealkylation sites (tertiary alicyclic amines) is 1. The first-order valence-electron chi connectivity index (χ1n) is 8.97. The van der Waals surface area contributed by atoms with Crippen molar-refractivity contribution in [3.05, 3.63) is 35.4 Å². The maximum atomic E-state index is 11.9. The van der Waals surface area contributed by atoms with Gasteiger partial charge in [0.1, 0.15) is 5.84 Å². The second kappa shape index (κ2) is 9.42. The van der Waals surface area contributed by atoms with Gasteiger partial charge in [-0.3, -0.25) is 9.69 Å². The molecule has 0 spiro atoms. The van der Waals surface area contributed by atoms with Crippen LogP contribution in [0.5, 0.6) is 0 Å². The van der Waals surface area contributed by atoms with E-state index in [1.807, 2.05) is 13.8 Å². The lowest BCUT2D eigenvalue weighted by Gasteiger charge is -2.32. The summed E-state index contributed by atoms with van der Waals surface area (Å²) in [5, 5.41) is 6.77. The Morgan fingerprint density at radius 3 is 2.68 bits per heavy atom. The molecule has 6 nitrogen and oxygen atoms in total. The Balaban J connectivity index is 1.69. The summed E-state index contributed by atoms with van der Waals surface area (Å²) >= 11 is 0. The number of benzene rings is 1. The van der Waals surface area contributed by atoms with Crippen molar-refractivity contribution < 1.29 is 9.63 Å². The van der Waals surface area contributed by atoms with Crippen molar-refractivity contribution in [2.45, 2.75) is 46.2 Å². The molecule has 1 fully saturated rings. The summed E-state index contributed by atoms with van der Waals surface area (Å²) in [4.78, 5) is 19.4. The molecule has 0 aromatic heterocycles. The predicted molar refractivity (Wildman–Crippen MR) is 100 cm³/mol. The van der Waals surface area contributed by atoms with Gasteiger partial charge in [0.25, 0.3) is 5.91 Å². The van der Waals surface area contributed by atoms with Crippen molar-refractivity contribution in [3.63, 3.8) is 0 Å². The molecule has 0 saturated carbocycles. The fraction of sp³-hybridized carbons (Fsp3) is 0.579. The smallest absolute Gasteiger partial charge is 0.260 e. The van der Waals surface area contributed by atoms with Crippen LogP contribution in [0.3, 0.4) is 0 Å². The summed E-state index contributed by atoms with van der Waals surface area (Å²) in [5.41, 5.74) is 8.37. The van der Waals surface area contributed by atoms with Gasteiger partial charge in [0.05, 0.1) is 0 Å². The molecule has 1 aliphatic heterocycles. The van der Waals surface area contributed by atoms with Crippen molar-refractivity contribution in [1.29, 1.82) is 0 Å². The molecule has 0 radical (unpaired) electrons. The van der Waals surface area contributed by atoms with E-state index in [9.17, 15) is 4.79 Å². The molecule has 0 aliphatic carbocycles. The number of piperidine rings is 1. The lowest BCUT2D eigenvalue weighted by molar-refractivity contribution is -0.126. The first-order valence-corrected chi connectivity index (χ1v) is 8.97. The number of amides is 1. The minimum absolute atomic E-state index is 0.0865. The summed E-state index contributed by atoms with van der Waals surface area (Å²) in [6.07, 6.45) is 1.91. The van der Waals surface area contributed by atoms with E-state index in [0.29, 0.717) is 5.84 Å². The second-order valence-electron chi connectivity index (χ2n) is 6.99. The number of hydrogen-bond acceptors (Lipinski definition) is 4. The molecule has 25 heavy (non-hydrogen) atoms. The van der Waals surface area contributed by atoms with Crippen LogP contribution in [-0.4, -0.2) is 42.4 Å². The fourth-order valence-corrected chi connectivity index (χ4v) is 2.80. The molecule has 0 unspecified atom stereocenters. The number of aryl methyl sites for hydroxylation is 1. The number of carbonyl (C=O) groups is 1. The molecule has 1 amide bonds. The van der Waals surface area contributed by atoms with Crippen LogP contribution in [0.2, 0.25) is 0 Å². The average Bonchev–Trinajstić information content (AvgIpc) is 2.58. The Kier molecular flexibility index (Phi) is 7.25. The van der Waals surface area contributed by atoms with Gasteiger partial charge in [0, 0.05) is 31.6 Å². The zero-order valence-electron chi connectivity index (χ0n) is 15.5. The summed E-state index contributed by atoms with van der Waals surface area (Å²) in [7, 11) is 0. The third kappa shape index (κ3) is 6.38. The molecule has 1 heterocycles. The Morgan fingerprint density at radius 1 is 1.36 bits per heavy atom. The Morgan fingerprint density at radius 2 is 2.04 bits per heavy atom. The number of nitrogens with one attached hydrogen (secondary N) is 1. The van der Waals surface area contributed by atoms with Gasteiger partial charge >= 0.3 is 0 Å². The first kappa shape index (κ1) is 19.2. The molecular formula is C19H30N4O2. The Bertz CT molecular complexity index is 593. The van der Waals surface area contributed by atoms with Crippen LogP contribution >= 0.6 is 0 Å². The van der Waals surface area contributed by atoms with Gasteiger partial charge < -0.3 is 15.9 Å². The average molecular weight is 346 g/mol. The van der Waals surface area contributed by atoms with Gasteiger partial charge in [0.2, 0.25) is 0 Å². The molecule has 3 N–H and O–H groups in total. The van der Waals surface area contributed by atoms with E-state index in [0.717, 1.165) is 32.5 Å². The van der Waals surface area contributed by atoms with Crippen molar-refractivity contribution in [3.8, 4) is 0 Å². The molecule has 1 aromatic rings. The van der Waals surface area contributed by atoms with Gasteiger partial charge in [-0.15, -0.1) is 0 Å². The van der Waals surface area contributed by atoms with Crippen LogP contribution in [0.25, 0.3) is 0 Å². The molecule has 1 saturated heterocycles. The van der Waals surface area contributed by atoms with E-state index in [-0.39, 0.29) is 24.5 Å². The zero-order chi connectivity index (χ0) is 18.2. The number of nitrogens with zero attached hydrogens (tertiary/aromatic N) is 2. The molecule has 6 heteroatoms. The second-order valence-corrected chi connectivity index (χ2v) is 6.99. The van der Waals surface area contributed by atoms with Gasteiger partial charge in [-0.25, -0.2) is 0 Å². The predicted octanol–water partition coefficient (Wildman–Crippen LogP) is 2.02. The van der Waals surface area contributed by atoms with Gasteiger partial charge in [-0.2, -0.15) is 0 Å². The molecule has 0 atom stereocenters. The van der Waals surface area contributed by atoms with E-state index in [1.54, 1.807) is 0 Å². The van der Waals surface area contributed by atoms with Gasteiger partial charge in [-0.05, 0) is 30.9 Å². The van der Waals surface area contributed by atoms with Crippen molar-refractivity contribution >= 4 is 11.7 Å². The SMILES string of the molecule is Cc1ccccc1CN1CCC(NC(=O)CO/N=C(\N)C(C)C)CC1. The fourth-order valence-electron chi connectivity index (χ4n) is 2.80. The van der Waals surface area contributed by atoms with E-state index in [4.69, 9.17) is 10.6 Å². The summed E-state index contributed by atoms with van der Waals surface area (Å²) in [6.45, 7) is 8.85. The normalized spacial score (nSPS) is 16.9. The van der Waals surface area contributed by atoms with E-state index in [1.165, 1.54) is 11.1 Å². The standard InChI is InChI=1S/C19H30N4O2/c1-14(2)19(20)22-25-13-18(24)21-17-8-10-23(11-9-17)12-16-7-5-4-6-15(16)3/h4-7,14,17H,8-13H2,1-3H3,(H2,20,22)(H,21,24). The highest BCUT2D eigenvalue weighted by Gasteiger charge is 2.21. The molecule has 1 aromatic carbocycles. The number of amidine groups is 1. The highest BCUT2D eigenvalue weighted by molar-refractivity contribution is 5.82. The maximum absolute atomic E-state index is 11.9. The van der Waals surface area contributed by atoms with Crippen LogP contribution < -0.4 is 11.1 Å². The van der Waals surface area contributed by atoms with Crippen LogP contribution in [-0.2, 0) is 16.2 Å². The molecule has 0 bridgehead atoms. The van der Waals surface area contributed by atoms with Gasteiger partial charge in [-0.1, -0.05) is 43.3 Å². The highest BCUT2D eigenvalue weighted by atomic mass is 16.6. The monoisotopic (exact) mass is 346 g/mol. The molecule has 138 valence electrons. The van der Waals surface area contributed by atoms with E-state index in [2.05, 4.69) is 46.6 Å². The van der Waals surface area contributed by atoms with Gasteiger partial charge in [0.15, 0.2) is 6.61 Å². The van der Waals surface area contributed by atoms with Crippen molar-refractivity contribution in [1.82, 2.24) is 10.2 Å². The third-order valence-corrected chi connectivity index (χ3v) is 4.57. The lowest BCUT2D eigenvalue weighted by atomic mass is 10.0. The maximum Gasteiger partial charge on any atom is 0.260 e.